The number of amides is 2. The van der Waals surface area contributed by atoms with Crippen LogP contribution in [0.25, 0.3) is 0 Å². The van der Waals surface area contributed by atoms with Gasteiger partial charge in [0.05, 0.1) is 18.7 Å². The van der Waals surface area contributed by atoms with Crippen molar-refractivity contribution in [1.29, 1.82) is 0 Å². The van der Waals surface area contributed by atoms with Crippen LogP contribution in [0, 0.1) is 13.8 Å². The van der Waals surface area contributed by atoms with E-state index in [0.717, 1.165) is 46.6 Å². The molecule has 1 aliphatic carbocycles. The first-order valence-electron chi connectivity index (χ1n) is 10.3. The fourth-order valence-electron chi connectivity index (χ4n) is 3.92. The summed E-state index contributed by atoms with van der Waals surface area (Å²) < 4.78 is 5.13. The van der Waals surface area contributed by atoms with E-state index in [9.17, 15) is 9.59 Å². The summed E-state index contributed by atoms with van der Waals surface area (Å²) in [5.74, 6) is 0.0978. The Morgan fingerprint density at radius 1 is 1.06 bits per heavy atom. The summed E-state index contributed by atoms with van der Waals surface area (Å²) >= 11 is 1.45. The highest BCUT2D eigenvalue weighted by molar-refractivity contribution is 7.16. The van der Waals surface area contributed by atoms with Crippen LogP contribution in [0.3, 0.4) is 0 Å². The highest BCUT2D eigenvalue weighted by Gasteiger charge is 2.30. The molecular weight excluding hydrogens is 410 g/mol. The smallest absolute Gasteiger partial charge is 0.257 e. The predicted octanol–water partition coefficient (Wildman–Crippen LogP) is 5.08. The Morgan fingerprint density at radius 3 is 2.45 bits per heavy atom. The van der Waals surface area contributed by atoms with E-state index in [-0.39, 0.29) is 17.7 Å². The maximum Gasteiger partial charge on any atom is 0.257 e. The van der Waals surface area contributed by atoms with Crippen LogP contribution < -0.4 is 15.4 Å². The molecule has 160 valence electrons. The summed E-state index contributed by atoms with van der Waals surface area (Å²) in [6, 6.07) is 12.9. The molecule has 0 spiro atoms. The summed E-state index contributed by atoms with van der Waals surface area (Å²) in [6.07, 6.45) is 2.55. The highest BCUT2D eigenvalue weighted by Crippen LogP contribution is 2.37. The Bertz CT molecular complexity index is 1100. The SMILES string of the molecule is COc1ccc(C(=O)Nc2nc3c(s2)CCCC3C(=O)Nc2cc(C)cc(C)c2)cc1. The van der Waals surface area contributed by atoms with Crippen LogP contribution in [0.1, 0.15) is 50.8 Å². The quantitative estimate of drug-likeness (QED) is 0.586. The van der Waals surface area contributed by atoms with Crippen molar-refractivity contribution in [2.24, 2.45) is 0 Å². The highest BCUT2D eigenvalue weighted by atomic mass is 32.1. The van der Waals surface area contributed by atoms with E-state index in [1.807, 2.05) is 26.0 Å². The Labute approximate surface area is 185 Å². The van der Waals surface area contributed by atoms with Gasteiger partial charge in [-0.2, -0.15) is 0 Å². The fourth-order valence-corrected chi connectivity index (χ4v) is 4.97. The number of benzene rings is 2. The van der Waals surface area contributed by atoms with Gasteiger partial charge in [0.25, 0.3) is 5.91 Å². The van der Waals surface area contributed by atoms with E-state index in [1.54, 1.807) is 31.4 Å². The number of rotatable bonds is 5. The lowest BCUT2D eigenvalue weighted by atomic mass is 9.90. The number of nitrogens with one attached hydrogen (secondary N) is 2. The minimum atomic E-state index is -0.313. The number of methoxy groups -OCH3 is 1. The van der Waals surface area contributed by atoms with Crippen LogP contribution in [0.4, 0.5) is 10.8 Å². The van der Waals surface area contributed by atoms with Gasteiger partial charge in [0.15, 0.2) is 5.13 Å². The first-order valence-corrected chi connectivity index (χ1v) is 11.1. The Hall–Kier alpha value is -3.19. The molecule has 2 N–H and O–H groups in total. The normalized spacial score (nSPS) is 15.1. The number of hydrogen-bond acceptors (Lipinski definition) is 5. The maximum atomic E-state index is 13.0. The molecule has 0 saturated heterocycles. The zero-order valence-electron chi connectivity index (χ0n) is 17.8. The van der Waals surface area contributed by atoms with Gasteiger partial charge in [-0.1, -0.05) is 6.07 Å². The topological polar surface area (TPSA) is 80.3 Å². The van der Waals surface area contributed by atoms with Crippen molar-refractivity contribution in [3.8, 4) is 5.75 Å². The first-order chi connectivity index (χ1) is 14.9. The molecule has 2 amide bonds. The molecule has 0 fully saturated rings. The molecule has 7 heteroatoms. The van der Waals surface area contributed by atoms with E-state index in [1.165, 1.54) is 11.3 Å². The second-order valence-corrected chi connectivity index (χ2v) is 8.90. The third kappa shape index (κ3) is 4.77. The third-order valence-corrected chi connectivity index (χ3v) is 6.38. The van der Waals surface area contributed by atoms with Gasteiger partial charge >= 0.3 is 0 Å². The molecule has 0 aliphatic heterocycles. The number of carbonyl (C=O) groups excluding carboxylic acids is 2. The average Bonchev–Trinajstić information content (AvgIpc) is 3.15. The number of carbonyl (C=O) groups is 2. The summed E-state index contributed by atoms with van der Waals surface area (Å²) in [7, 11) is 1.59. The molecule has 3 aromatic rings. The van der Waals surface area contributed by atoms with Crippen molar-refractivity contribution in [3.05, 3.63) is 69.7 Å². The van der Waals surface area contributed by atoms with E-state index in [2.05, 4.69) is 21.7 Å². The number of ether oxygens (including phenoxy) is 1. The first kappa shape index (κ1) is 21.1. The van der Waals surface area contributed by atoms with Gasteiger partial charge in [-0.15, -0.1) is 11.3 Å². The van der Waals surface area contributed by atoms with Crippen LogP contribution in [0.2, 0.25) is 0 Å². The molecule has 0 saturated carbocycles. The van der Waals surface area contributed by atoms with Gasteiger partial charge in [-0.3, -0.25) is 14.9 Å². The zero-order valence-corrected chi connectivity index (χ0v) is 18.6. The largest absolute Gasteiger partial charge is 0.497 e. The maximum absolute atomic E-state index is 13.0. The second-order valence-electron chi connectivity index (χ2n) is 7.82. The van der Waals surface area contributed by atoms with Gasteiger partial charge in [0.2, 0.25) is 5.91 Å². The van der Waals surface area contributed by atoms with Gasteiger partial charge in [-0.25, -0.2) is 4.98 Å². The van der Waals surface area contributed by atoms with Gasteiger partial charge in [-0.05, 0) is 80.6 Å². The zero-order chi connectivity index (χ0) is 22.0. The molecule has 6 nitrogen and oxygen atoms in total. The van der Waals surface area contributed by atoms with Crippen molar-refractivity contribution in [2.45, 2.75) is 39.0 Å². The number of aryl methyl sites for hydroxylation is 3. The predicted molar refractivity (Wildman–Crippen MR) is 123 cm³/mol. The molecular formula is C24H25N3O3S. The summed E-state index contributed by atoms with van der Waals surface area (Å²) in [5, 5.41) is 6.45. The minimum absolute atomic E-state index is 0.0516. The monoisotopic (exact) mass is 435 g/mol. The van der Waals surface area contributed by atoms with E-state index >= 15 is 0 Å². The molecule has 1 atom stereocenters. The molecule has 31 heavy (non-hydrogen) atoms. The Kier molecular flexibility index (Phi) is 6.04. The lowest BCUT2D eigenvalue weighted by Crippen LogP contribution is -2.24. The fraction of sp³-hybridized carbons (Fsp3) is 0.292. The molecule has 0 bridgehead atoms. The van der Waals surface area contributed by atoms with E-state index in [0.29, 0.717) is 16.4 Å². The van der Waals surface area contributed by atoms with Crippen LogP contribution in [-0.4, -0.2) is 23.9 Å². The van der Waals surface area contributed by atoms with Crippen molar-refractivity contribution in [1.82, 2.24) is 4.98 Å². The van der Waals surface area contributed by atoms with Crippen LogP contribution in [0.5, 0.6) is 5.75 Å². The minimum Gasteiger partial charge on any atom is -0.497 e. The molecule has 1 aliphatic rings. The van der Waals surface area contributed by atoms with Crippen LogP contribution in [0.15, 0.2) is 42.5 Å². The van der Waals surface area contributed by atoms with Crippen molar-refractivity contribution < 1.29 is 14.3 Å². The summed E-state index contributed by atoms with van der Waals surface area (Å²) in [4.78, 5) is 31.3. The lowest BCUT2D eigenvalue weighted by Gasteiger charge is -2.20. The van der Waals surface area contributed by atoms with Crippen molar-refractivity contribution in [2.75, 3.05) is 17.7 Å². The number of hydrogen-bond donors (Lipinski definition) is 2. The Balaban J connectivity index is 1.49. The Morgan fingerprint density at radius 2 is 1.77 bits per heavy atom. The van der Waals surface area contributed by atoms with Crippen LogP contribution in [-0.2, 0) is 11.2 Å². The van der Waals surface area contributed by atoms with Crippen LogP contribution >= 0.6 is 11.3 Å². The molecule has 4 rings (SSSR count). The number of thiazole rings is 1. The molecule has 0 radical (unpaired) electrons. The lowest BCUT2D eigenvalue weighted by molar-refractivity contribution is -0.117. The molecule has 1 heterocycles. The third-order valence-electron chi connectivity index (χ3n) is 5.33. The van der Waals surface area contributed by atoms with Crippen molar-refractivity contribution >= 4 is 34.0 Å². The average molecular weight is 436 g/mol. The van der Waals surface area contributed by atoms with E-state index in [4.69, 9.17) is 4.74 Å². The molecule has 2 aromatic carbocycles. The molecule has 1 aromatic heterocycles. The number of fused-ring (bicyclic) bond motifs is 1. The number of aromatic nitrogens is 1. The van der Waals surface area contributed by atoms with Gasteiger partial charge in [0, 0.05) is 16.1 Å². The second kappa shape index (κ2) is 8.89. The summed E-state index contributed by atoms with van der Waals surface area (Å²) in [6.45, 7) is 4.03. The standard InChI is InChI=1S/C24H25N3O3S/c1-14-11-15(2)13-17(12-14)25-23(29)19-5-4-6-20-21(19)26-24(31-20)27-22(28)16-7-9-18(30-3)10-8-16/h7-13,19H,4-6H2,1-3H3,(H,25,29)(H,26,27,28). The van der Waals surface area contributed by atoms with Gasteiger partial charge in [0.1, 0.15) is 5.75 Å². The van der Waals surface area contributed by atoms with Gasteiger partial charge < -0.3 is 10.1 Å². The molecule has 1 unspecified atom stereocenters. The number of nitrogens with zero attached hydrogens (tertiary/aromatic N) is 1. The van der Waals surface area contributed by atoms with E-state index < -0.39 is 0 Å². The summed E-state index contributed by atoms with van der Waals surface area (Å²) in [5.41, 5.74) is 4.33. The van der Waals surface area contributed by atoms with Crippen molar-refractivity contribution in [3.63, 3.8) is 0 Å². The number of anilines is 2.